The van der Waals surface area contributed by atoms with Crippen LogP contribution in [0.15, 0.2) is 48.7 Å². The normalized spacial score (nSPS) is 12.0. The summed E-state index contributed by atoms with van der Waals surface area (Å²) in [5.74, 6) is -1.73. The van der Waals surface area contributed by atoms with Gasteiger partial charge in [0.15, 0.2) is 17.3 Å². The van der Waals surface area contributed by atoms with Gasteiger partial charge in [-0.2, -0.15) is 26.7 Å². The number of para-hydroxylation sites is 1. The SMILES string of the molecule is O=S(=O)(Nc1cccc(OCc2cnn(-c3c(F)cccc3F)n2)c1)C(F)(F)F. The maximum absolute atomic E-state index is 13.8. The van der Waals surface area contributed by atoms with Crippen molar-refractivity contribution in [3.63, 3.8) is 0 Å². The number of anilines is 1. The van der Waals surface area contributed by atoms with Crippen LogP contribution >= 0.6 is 0 Å². The van der Waals surface area contributed by atoms with Crippen LogP contribution in [-0.2, 0) is 16.6 Å². The first-order chi connectivity index (χ1) is 13.6. The number of nitrogens with zero attached hydrogens (tertiary/aromatic N) is 3. The predicted molar refractivity (Wildman–Crippen MR) is 90.6 cm³/mol. The molecular formula is C16H11F5N4O3S. The molecule has 0 fully saturated rings. The van der Waals surface area contributed by atoms with Crippen molar-refractivity contribution in [1.82, 2.24) is 15.0 Å². The van der Waals surface area contributed by atoms with Crippen molar-refractivity contribution in [2.75, 3.05) is 4.72 Å². The Balaban J connectivity index is 1.71. The third kappa shape index (κ3) is 4.62. The molecule has 0 aliphatic rings. The van der Waals surface area contributed by atoms with E-state index in [-0.39, 0.29) is 23.7 Å². The molecule has 0 bridgehead atoms. The Hall–Kier alpha value is -3.22. The molecule has 2 aromatic carbocycles. The highest BCUT2D eigenvalue weighted by Gasteiger charge is 2.46. The lowest BCUT2D eigenvalue weighted by molar-refractivity contribution is -0.0429. The third-order valence-corrected chi connectivity index (χ3v) is 4.57. The third-order valence-electron chi connectivity index (χ3n) is 3.45. The van der Waals surface area contributed by atoms with Gasteiger partial charge in [-0.1, -0.05) is 12.1 Å². The lowest BCUT2D eigenvalue weighted by atomic mass is 10.3. The second kappa shape index (κ2) is 7.66. The standard InChI is InChI=1S/C16H11F5N4O3S/c17-13-5-2-6-14(18)15(13)25-22-8-11(23-25)9-28-12-4-1-3-10(7-12)24-29(26,27)16(19,20)21/h1-8,24H,9H2. The van der Waals surface area contributed by atoms with Crippen molar-refractivity contribution in [1.29, 1.82) is 0 Å². The molecule has 29 heavy (non-hydrogen) atoms. The summed E-state index contributed by atoms with van der Waals surface area (Å²) < 4.78 is 93.8. The number of alkyl halides is 3. The number of hydrogen-bond acceptors (Lipinski definition) is 5. The van der Waals surface area contributed by atoms with E-state index in [2.05, 4.69) is 10.2 Å². The smallest absolute Gasteiger partial charge is 0.487 e. The van der Waals surface area contributed by atoms with Gasteiger partial charge in [0.25, 0.3) is 0 Å². The van der Waals surface area contributed by atoms with E-state index in [4.69, 9.17) is 4.74 Å². The van der Waals surface area contributed by atoms with Crippen LogP contribution < -0.4 is 9.46 Å². The molecule has 0 aliphatic heterocycles. The van der Waals surface area contributed by atoms with Crippen molar-refractivity contribution < 1.29 is 35.1 Å². The fraction of sp³-hybridized carbons (Fsp3) is 0.125. The Labute approximate surface area is 160 Å². The Bertz CT molecular complexity index is 1110. The Morgan fingerprint density at radius 1 is 1.07 bits per heavy atom. The van der Waals surface area contributed by atoms with Crippen molar-refractivity contribution in [2.24, 2.45) is 0 Å². The first-order valence-corrected chi connectivity index (χ1v) is 9.23. The van der Waals surface area contributed by atoms with Gasteiger partial charge in [0.05, 0.1) is 11.9 Å². The van der Waals surface area contributed by atoms with Gasteiger partial charge in [-0.25, -0.2) is 8.78 Å². The maximum atomic E-state index is 13.8. The number of hydrogen-bond donors (Lipinski definition) is 1. The van der Waals surface area contributed by atoms with Gasteiger partial charge in [-0.05, 0) is 24.3 Å². The maximum Gasteiger partial charge on any atom is 0.516 e. The minimum Gasteiger partial charge on any atom is -0.487 e. The first-order valence-electron chi connectivity index (χ1n) is 7.74. The molecule has 0 unspecified atom stereocenters. The van der Waals surface area contributed by atoms with E-state index in [0.29, 0.717) is 0 Å². The summed E-state index contributed by atoms with van der Waals surface area (Å²) in [6.45, 7) is -0.244. The topological polar surface area (TPSA) is 86.1 Å². The molecule has 0 radical (unpaired) electrons. The predicted octanol–water partition coefficient (Wildman–Crippen LogP) is 3.39. The van der Waals surface area contributed by atoms with Gasteiger partial charge in [-0.15, -0.1) is 9.90 Å². The summed E-state index contributed by atoms with van der Waals surface area (Å²) >= 11 is 0. The van der Waals surface area contributed by atoms with Crippen LogP contribution in [0.3, 0.4) is 0 Å². The summed E-state index contributed by atoms with van der Waals surface area (Å²) in [6, 6.07) is 8.03. The number of ether oxygens (including phenoxy) is 1. The number of benzene rings is 2. The monoisotopic (exact) mass is 434 g/mol. The average Bonchev–Trinajstić information content (AvgIpc) is 3.07. The zero-order chi connectivity index (χ0) is 21.2. The molecule has 0 spiro atoms. The largest absolute Gasteiger partial charge is 0.516 e. The zero-order valence-electron chi connectivity index (χ0n) is 14.2. The van der Waals surface area contributed by atoms with Gasteiger partial charge < -0.3 is 4.74 Å². The number of sulfonamides is 1. The van der Waals surface area contributed by atoms with Gasteiger partial charge in [0.1, 0.15) is 18.1 Å². The Morgan fingerprint density at radius 2 is 1.72 bits per heavy atom. The molecule has 1 N–H and O–H groups in total. The van der Waals surface area contributed by atoms with Gasteiger partial charge in [-0.3, -0.25) is 4.72 Å². The Morgan fingerprint density at radius 3 is 2.38 bits per heavy atom. The van der Waals surface area contributed by atoms with E-state index in [0.717, 1.165) is 29.1 Å². The minimum atomic E-state index is -5.57. The molecule has 13 heteroatoms. The lowest BCUT2D eigenvalue weighted by Gasteiger charge is -2.11. The zero-order valence-corrected chi connectivity index (χ0v) is 15.0. The van der Waals surface area contributed by atoms with E-state index >= 15 is 0 Å². The van der Waals surface area contributed by atoms with Crippen LogP contribution in [0.5, 0.6) is 5.75 Å². The first kappa shape index (κ1) is 20.5. The van der Waals surface area contributed by atoms with Gasteiger partial charge in [0.2, 0.25) is 0 Å². The molecule has 3 aromatic rings. The summed E-state index contributed by atoms with van der Waals surface area (Å²) in [6.07, 6.45) is 1.18. The molecule has 0 atom stereocenters. The van der Waals surface area contributed by atoms with E-state index < -0.39 is 32.9 Å². The quantitative estimate of drug-likeness (QED) is 0.602. The molecule has 3 rings (SSSR count). The highest BCUT2D eigenvalue weighted by Crippen LogP contribution is 2.27. The van der Waals surface area contributed by atoms with Crippen LogP contribution in [-0.4, -0.2) is 28.9 Å². The summed E-state index contributed by atoms with van der Waals surface area (Å²) in [5, 5.41) is 7.61. The lowest BCUT2D eigenvalue weighted by Crippen LogP contribution is -2.29. The second-order valence-corrected chi connectivity index (χ2v) is 7.24. The van der Waals surface area contributed by atoms with E-state index in [1.165, 1.54) is 29.1 Å². The molecule has 0 aliphatic carbocycles. The average molecular weight is 434 g/mol. The fourth-order valence-electron chi connectivity index (χ4n) is 2.17. The van der Waals surface area contributed by atoms with Crippen LogP contribution in [0.4, 0.5) is 27.6 Å². The van der Waals surface area contributed by atoms with E-state index in [1.54, 1.807) is 0 Å². The van der Waals surface area contributed by atoms with Crippen molar-refractivity contribution in [3.8, 4) is 11.4 Å². The number of aromatic nitrogens is 3. The number of halogens is 5. The summed E-state index contributed by atoms with van der Waals surface area (Å²) in [5.41, 5.74) is -6.15. The van der Waals surface area contributed by atoms with Crippen LogP contribution in [0.1, 0.15) is 5.69 Å². The molecule has 0 amide bonds. The summed E-state index contributed by atoms with van der Waals surface area (Å²) in [4.78, 5) is 0.733. The van der Waals surface area contributed by atoms with Crippen LogP contribution in [0, 0.1) is 11.6 Å². The highest BCUT2D eigenvalue weighted by molar-refractivity contribution is 7.93. The van der Waals surface area contributed by atoms with Gasteiger partial charge >= 0.3 is 15.5 Å². The molecule has 0 saturated heterocycles. The van der Waals surface area contributed by atoms with Crippen LogP contribution in [0.25, 0.3) is 5.69 Å². The highest BCUT2D eigenvalue weighted by atomic mass is 32.2. The molecule has 7 nitrogen and oxygen atoms in total. The molecule has 0 saturated carbocycles. The van der Waals surface area contributed by atoms with Crippen molar-refractivity contribution >= 4 is 15.7 Å². The molecular weight excluding hydrogens is 423 g/mol. The minimum absolute atomic E-state index is 0.0268. The molecule has 1 aromatic heterocycles. The van der Waals surface area contributed by atoms with Gasteiger partial charge in [0, 0.05) is 6.07 Å². The van der Waals surface area contributed by atoms with E-state index in [9.17, 15) is 30.4 Å². The second-order valence-electron chi connectivity index (χ2n) is 5.56. The Kier molecular flexibility index (Phi) is 5.42. The molecule has 154 valence electrons. The van der Waals surface area contributed by atoms with Crippen molar-refractivity contribution in [2.45, 2.75) is 12.1 Å². The van der Waals surface area contributed by atoms with Crippen LogP contribution in [0.2, 0.25) is 0 Å². The number of rotatable bonds is 6. The van der Waals surface area contributed by atoms with Crippen molar-refractivity contribution in [3.05, 3.63) is 66.0 Å². The fourth-order valence-corrected chi connectivity index (χ4v) is 2.72. The summed E-state index contributed by atoms with van der Waals surface area (Å²) in [7, 11) is -5.57. The molecule has 1 heterocycles. The van der Waals surface area contributed by atoms with E-state index in [1.807, 2.05) is 0 Å². The number of nitrogens with one attached hydrogen (secondary N) is 1.